The van der Waals surface area contributed by atoms with Crippen molar-refractivity contribution in [3.8, 4) is 10.6 Å². The standard InChI is InChI=1S/C7H7N5O4S2/c1-16-7(13)5-6(17-11-9-5)4-3-8-12(10-4)18(2,14)15/h3H,1-2H3. The molecule has 11 heteroatoms. The zero-order valence-corrected chi connectivity index (χ0v) is 10.9. The number of esters is 1. The number of carbonyl (C=O) groups excluding carboxylic acids is 1. The van der Waals surface area contributed by atoms with Crippen LogP contribution in [0.1, 0.15) is 10.5 Å². The highest BCUT2D eigenvalue weighted by Gasteiger charge is 2.21. The molecule has 2 heterocycles. The minimum absolute atomic E-state index is 0.0250. The van der Waals surface area contributed by atoms with E-state index in [4.69, 9.17) is 0 Å². The molecule has 0 atom stereocenters. The predicted molar refractivity (Wildman–Crippen MR) is 60.5 cm³/mol. The summed E-state index contributed by atoms with van der Waals surface area (Å²) in [5.41, 5.74) is 0.166. The summed E-state index contributed by atoms with van der Waals surface area (Å²) < 4.78 is 31.1. The third-order valence-electron chi connectivity index (χ3n) is 1.87. The number of ether oxygens (including phenoxy) is 1. The first-order valence-electron chi connectivity index (χ1n) is 4.47. The van der Waals surface area contributed by atoms with Crippen molar-refractivity contribution in [1.82, 2.24) is 24.0 Å². The molecule has 0 bridgehead atoms. The number of carbonyl (C=O) groups is 1. The first kappa shape index (κ1) is 12.6. The van der Waals surface area contributed by atoms with Crippen LogP contribution >= 0.6 is 11.5 Å². The van der Waals surface area contributed by atoms with Gasteiger partial charge in [-0.1, -0.05) is 8.69 Å². The van der Waals surface area contributed by atoms with Crippen LogP contribution in [0.3, 0.4) is 0 Å². The summed E-state index contributed by atoms with van der Waals surface area (Å²) in [6.07, 6.45) is 2.17. The third kappa shape index (κ3) is 2.22. The predicted octanol–water partition coefficient (Wildman–Crippen LogP) is -0.609. The summed E-state index contributed by atoms with van der Waals surface area (Å²) in [4.78, 5) is 11.7. The molecular formula is C7H7N5O4S2. The number of methoxy groups -OCH3 is 1. The maximum absolute atomic E-state index is 11.4. The minimum atomic E-state index is -3.57. The van der Waals surface area contributed by atoms with E-state index < -0.39 is 16.0 Å². The number of rotatable bonds is 3. The van der Waals surface area contributed by atoms with E-state index in [-0.39, 0.29) is 11.4 Å². The Bertz CT molecular complexity index is 688. The molecule has 0 N–H and O–H groups in total. The van der Waals surface area contributed by atoms with Gasteiger partial charge in [0.25, 0.3) is 10.0 Å². The lowest BCUT2D eigenvalue weighted by Crippen LogP contribution is -2.13. The first-order valence-corrected chi connectivity index (χ1v) is 7.09. The van der Waals surface area contributed by atoms with Gasteiger partial charge in [0.15, 0.2) is 5.69 Å². The van der Waals surface area contributed by atoms with Crippen molar-refractivity contribution in [3.63, 3.8) is 0 Å². The van der Waals surface area contributed by atoms with Gasteiger partial charge >= 0.3 is 5.97 Å². The van der Waals surface area contributed by atoms with Crippen molar-refractivity contribution in [2.24, 2.45) is 0 Å². The number of hydrogen-bond acceptors (Lipinski definition) is 9. The maximum Gasteiger partial charge on any atom is 0.360 e. The van der Waals surface area contributed by atoms with E-state index in [9.17, 15) is 13.2 Å². The van der Waals surface area contributed by atoms with Gasteiger partial charge in [-0.25, -0.2) is 13.2 Å². The van der Waals surface area contributed by atoms with E-state index in [1.165, 1.54) is 13.3 Å². The van der Waals surface area contributed by atoms with Gasteiger partial charge in [-0.3, -0.25) is 0 Å². The SMILES string of the molecule is COC(=O)c1nnsc1-c1cnn(S(C)(=O)=O)n1. The highest BCUT2D eigenvalue weighted by atomic mass is 32.2. The van der Waals surface area contributed by atoms with Gasteiger partial charge in [0.1, 0.15) is 10.6 Å². The van der Waals surface area contributed by atoms with Gasteiger partial charge in [0.2, 0.25) is 0 Å². The fourth-order valence-corrected chi connectivity index (χ4v) is 2.16. The van der Waals surface area contributed by atoms with Crippen LogP contribution in [0.25, 0.3) is 10.6 Å². The minimum Gasteiger partial charge on any atom is -0.464 e. The average molecular weight is 289 g/mol. The largest absolute Gasteiger partial charge is 0.464 e. The smallest absolute Gasteiger partial charge is 0.360 e. The molecule has 96 valence electrons. The third-order valence-corrected chi connectivity index (χ3v) is 3.39. The van der Waals surface area contributed by atoms with Crippen LogP contribution in [0.2, 0.25) is 0 Å². The number of aromatic nitrogens is 5. The fourth-order valence-electron chi connectivity index (χ4n) is 1.10. The second-order valence-electron chi connectivity index (χ2n) is 3.16. The summed E-state index contributed by atoms with van der Waals surface area (Å²) in [5, 5.41) is 10.9. The van der Waals surface area contributed by atoms with Crippen LogP contribution in [0.15, 0.2) is 6.20 Å². The van der Waals surface area contributed by atoms with Crippen LogP contribution in [0.4, 0.5) is 0 Å². The summed E-state index contributed by atoms with van der Waals surface area (Å²) in [6, 6.07) is 0. The zero-order valence-electron chi connectivity index (χ0n) is 9.26. The Labute approximate surface area is 106 Å². The molecule has 0 spiro atoms. The van der Waals surface area contributed by atoms with E-state index in [1.807, 2.05) is 0 Å². The average Bonchev–Trinajstić information content (AvgIpc) is 2.94. The molecular weight excluding hydrogens is 282 g/mol. The second kappa shape index (κ2) is 4.42. The molecule has 0 saturated carbocycles. The Kier molecular flexibility index (Phi) is 3.09. The molecule has 0 aliphatic heterocycles. The van der Waals surface area contributed by atoms with Crippen molar-refractivity contribution in [1.29, 1.82) is 0 Å². The normalized spacial score (nSPS) is 11.4. The molecule has 0 aliphatic carbocycles. The van der Waals surface area contributed by atoms with E-state index >= 15 is 0 Å². The summed E-state index contributed by atoms with van der Waals surface area (Å²) in [5.74, 6) is -0.673. The Morgan fingerprint density at radius 1 is 1.50 bits per heavy atom. The molecule has 2 aromatic heterocycles. The van der Waals surface area contributed by atoms with Crippen LogP contribution in [0.5, 0.6) is 0 Å². The van der Waals surface area contributed by atoms with Crippen LogP contribution in [0, 0.1) is 0 Å². The lowest BCUT2D eigenvalue weighted by Gasteiger charge is -1.95. The molecule has 0 fully saturated rings. The van der Waals surface area contributed by atoms with E-state index in [1.54, 1.807) is 0 Å². The van der Waals surface area contributed by atoms with Crippen LogP contribution in [-0.2, 0) is 14.8 Å². The Balaban J connectivity index is 2.47. The molecule has 9 nitrogen and oxygen atoms in total. The van der Waals surface area contributed by atoms with E-state index in [0.29, 0.717) is 9.08 Å². The van der Waals surface area contributed by atoms with Gasteiger partial charge in [-0.15, -0.1) is 15.3 Å². The van der Waals surface area contributed by atoms with Gasteiger partial charge in [0.05, 0.1) is 19.6 Å². The molecule has 0 saturated heterocycles. The van der Waals surface area contributed by atoms with Crippen molar-refractivity contribution in [2.45, 2.75) is 0 Å². The molecule has 2 aromatic rings. The van der Waals surface area contributed by atoms with Gasteiger partial charge in [0, 0.05) is 0 Å². The Hall–Kier alpha value is -1.88. The quantitative estimate of drug-likeness (QED) is 0.687. The molecule has 0 aromatic carbocycles. The van der Waals surface area contributed by atoms with Crippen molar-refractivity contribution in [2.75, 3.05) is 13.4 Å². The summed E-state index contributed by atoms with van der Waals surface area (Å²) in [6.45, 7) is 0. The molecule has 18 heavy (non-hydrogen) atoms. The van der Waals surface area contributed by atoms with Crippen molar-refractivity contribution >= 4 is 27.5 Å². The molecule has 0 radical (unpaired) electrons. The van der Waals surface area contributed by atoms with E-state index in [2.05, 4.69) is 24.5 Å². The van der Waals surface area contributed by atoms with Gasteiger partial charge < -0.3 is 4.74 Å². The highest BCUT2D eigenvalue weighted by Crippen LogP contribution is 2.24. The molecule has 0 unspecified atom stereocenters. The number of nitrogens with zero attached hydrogens (tertiary/aromatic N) is 5. The fraction of sp³-hybridized carbons (Fsp3) is 0.286. The molecule has 2 rings (SSSR count). The van der Waals surface area contributed by atoms with Crippen LogP contribution in [-0.4, -0.2) is 51.7 Å². The molecule has 0 amide bonds. The first-order chi connectivity index (χ1) is 8.43. The van der Waals surface area contributed by atoms with Crippen molar-refractivity contribution in [3.05, 3.63) is 11.9 Å². The van der Waals surface area contributed by atoms with Gasteiger partial charge in [-0.05, 0) is 11.5 Å². The highest BCUT2D eigenvalue weighted by molar-refractivity contribution is 7.88. The lowest BCUT2D eigenvalue weighted by atomic mass is 10.3. The summed E-state index contributed by atoms with van der Waals surface area (Å²) in [7, 11) is -2.36. The monoisotopic (exact) mass is 289 g/mol. The van der Waals surface area contributed by atoms with Crippen LogP contribution < -0.4 is 0 Å². The molecule has 0 aliphatic rings. The van der Waals surface area contributed by atoms with Gasteiger partial charge in [-0.2, -0.15) is 0 Å². The Morgan fingerprint density at radius 3 is 2.78 bits per heavy atom. The number of hydrogen-bond donors (Lipinski definition) is 0. The van der Waals surface area contributed by atoms with E-state index in [0.717, 1.165) is 17.8 Å². The lowest BCUT2D eigenvalue weighted by molar-refractivity contribution is 0.0595. The summed E-state index contributed by atoms with van der Waals surface area (Å²) >= 11 is 0.898. The maximum atomic E-state index is 11.4. The van der Waals surface area contributed by atoms with Crippen molar-refractivity contribution < 1.29 is 17.9 Å². The zero-order chi connectivity index (χ0) is 13.3. The second-order valence-corrected chi connectivity index (χ2v) is 5.70. The topological polar surface area (TPSA) is 117 Å². The Morgan fingerprint density at radius 2 is 2.22 bits per heavy atom.